The second kappa shape index (κ2) is 12.3. The molecular weight excluding hydrogens is 482 g/mol. The Morgan fingerprint density at radius 3 is 2.05 bits per heavy atom. The number of benzene rings is 2. The number of carbonyl (C=O) groups excluding carboxylic acids is 3. The number of amides is 3. The Hall–Kier alpha value is -3.55. The summed E-state index contributed by atoms with van der Waals surface area (Å²) in [4.78, 5) is 42.4. The second-order valence-corrected chi connectivity index (χ2v) is 11.9. The summed E-state index contributed by atoms with van der Waals surface area (Å²) in [6, 6.07) is 11.8. The van der Waals surface area contributed by atoms with Crippen LogP contribution < -0.4 is 10.6 Å². The van der Waals surface area contributed by atoms with Gasteiger partial charge >= 0.3 is 6.09 Å². The summed E-state index contributed by atoms with van der Waals surface area (Å²) in [6.45, 7) is 16.5. The molecule has 0 saturated heterocycles. The van der Waals surface area contributed by atoms with Crippen molar-refractivity contribution in [3.63, 3.8) is 0 Å². The van der Waals surface area contributed by atoms with Gasteiger partial charge in [-0.05, 0) is 85.6 Å². The lowest BCUT2D eigenvalue weighted by Crippen LogP contribution is -2.59. The van der Waals surface area contributed by atoms with Crippen molar-refractivity contribution in [2.45, 2.75) is 98.0 Å². The highest BCUT2D eigenvalue weighted by molar-refractivity contribution is 5.93. The first-order valence-corrected chi connectivity index (χ1v) is 13.0. The molecule has 2 unspecified atom stereocenters. The third kappa shape index (κ3) is 9.08. The molecule has 0 radical (unpaired) electrons. The van der Waals surface area contributed by atoms with Crippen LogP contribution in [0, 0.1) is 6.92 Å². The predicted molar refractivity (Wildman–Crippen MR) is 149 cm³/mol. The number of ether oxygens (including phenoxy) is 1. The van der Waals surface area contributed by atoms with Gasteiger partial charge in [0.1, 0.15) is 23.4 Å². The number of phenols is 1. The van der Waals surface area contributed by atoms with Crippen LogP contribution in [0.15, 0.2) is 48.5 Å². The lowest BCUT2D eigenvalue weighted by Gasteiger charge is -2.43. The maximum absolute atomic E-state index is 14.4. The highest BCUT2D eigenvalue weighted by Gasteiger charge is 2.42. The lowest BCUT2D eigenvalue weighted by atomic mass is 9.93. The normalized spacial score (nSPS) is 13.4. The Morgan fingerprint density at radius 1 is 0.947 bits per heavy atom. The SMILES string of the molecule is Cc1cccc(C(C(=O)NC(C)C)N(C(=O)C(Cc2ccc(O)cc2)NC(=O)OC(C)(C)C)C(C)(C)C)c1. The molecule has 2 atom stereocenters. The van der Waals surface area contributed by atoms with Gasteiger partial charge in [0.2, 0.25) is 11.8 Å². The van der Waals surface area contributed by atoms with Gasteiger partial charge < -0.3 is 25.4 Å². The zero-order valence-corrected chi connectivity index (χ0v) is 24.1. The molecule has 3 N–H and O–H groups in total. The number of carbonyl (C=O) groups is 3. The fourth-order valence-corrected chi connectivity index (χ4v) is 4.15. The fraction of sp³-hybridized carbons (Fsp3) is 0.500. The van der Waals surface area contributed by atoms with Crippen molar-refractivity contribution in [3.05, 3.63) is 65.2 Å². The molecule has 0 aromatic heterocycles. The Labute approximate surface area is 226 Å². The number of alkyl carbamates (subject to hydrolysis) is 1. The van der Waals surface area contributed by atoms with Crippen molar-refractivity contribution < 1.29 is 24.2 Å². The summed E-state index contributed by atoms with van der Waals surface area (Å²) in [5.74, 6) is -0.644. The molecule has 208 valence electrons. The smallest absolute Gasteiger partial charge is 0.408 e. The van der Waals surface area contributed by atoms with Crippen molar-refractivity contribution in [3.8, 4) is 5.75 Å². The molecule has 0 aliphatic heterocycles. The van der Waals surface area contributed by atoms with Crippen molar-refractivity contribution >= 4 is 17.9 Å². The summed E-state index contributed by atoms with van der Waals surface area (Å²) in [5, 5.41) is 15.4. The fourth-order valence-electron chi connectivity index (χ4n) is 4.15. The van der Waals surface area contributed by atoms with Gasteiger partial charge in [-0.25, -0.2) is 4.79 Å². The standard InChI is InChI=1S/C30H43N3O5/c1-19(2)31-26(35)25(22-12-10-11-20(3)17-22)33(29(4,5)6)27(36)24(32-28(37)38-30(7,8)9)18-21-13-15-23(34)16-14-21/h10-17,19,24-25,34H,18H2,1-9H3,(H,31,35)(H,32,37). The molecule has 0 heterocycles. The van der Waals surface area contributed by atoms with Gasteiger partial charge in [-0.3, -0.25) is 9.59 Å². The van der Waals surface area contributed by atoms with Crippen LogP contribution in [0.4, 0.5) is 4.79 Å². The predicted octanol–water partition coefficient (Wildman–Crippen LogP) is 5.03. The minimum absolute atomic E-state index is 0.0953. The van der Waals surface area contributed by atoms with Crippen molar-refractivity contribution in [1.29, 1.82) is 0 Å². The van der Waals surface area contributed by atoms with Crippen LogP contribution in [0.25, 0.3) is 0 Å². The third-order valence-electron chi connectivity index (χ3n) is 5.62. The molecule has 8 nitrogen and oxygen atoms in total. The first kappa shape index (κ1) is 30.7. The Bertz CT molecular complexity index is 1110. The van der Waals surface area contributed by atoms with Crippen LogP contribution in [0.3, 0.4) is 0 Å². The van der Waals surface area contributed by atoms with Gasteiger partial charge in [-0.15, -0.1) is 0 Å². The first-order chi connectivity index (χ1) is 17.5. The number of hydrogen-bond acceptors (Lipinski definition) is 5. The zero-order chi connectivity index (χ0) is 28.8. The van der Waals surface area contributed by atoms with Crippen LogP contribution in [-0.2, 0) is 20.7 Å². The van der Waals surface area contributed by atoms with E-state index >= 15 is 0 Å². The molecule has 2 aromatic rings. The van der Waals surface area contributed by atoms with Crippen LogP contribution in [0.5, 0.6) is 5.75 Å². The van der Waals surface area contributed by atoms with E-state index in [0.717, 1.165) is 11.1 Å². The maximum atomic E-state index is 14.4. The highest BCUT2D eigenvalue weighted by atomic mass is 16.6. The largest absolute Gasteiger partial charge is 0.508 e. The summed E-state index contributed by atoms with van der Waals surface area (Å²) in [6.07, 6.45) is -0.598. The van der Waals surface area contributed by atoms with Crippen LogP contribution >= 0.6 is 0 Å². The number of hydrogen-bond donors (Lipinski definition) is 3. The van der Waals surface area contributed by atoms with Gasteiger partial charge in [0.15, 0.2) is 0 Å². The van der Waals surface area contributed by atoms with E-state index in [1.807, 2.05) is 65.8 Å². The van der Waals surface area contributed by atoms with E-state index in [4.69, 9.17) is 4.74 Å². The number of aromatic hydroxyl groups is 1. The molecule has 38 heavy (non-hydrogen) atoms. The molecule has 0 bridgehead atoms. The van der Waals surface area contributed by atoms with Crippen LogP contribution in [0.2, 0.25) is 0 Å². The van der Waals surface area contributed by atoms with Gasteiger partial charge in [0.25, 0.3) is 0 Å². The number of aryl methyl sites for hydroxylation is 1. The Balaban J connectivity index is 2.61. The molecule has 2 rings (SSSR count). The van der Waals surface area contributed by atoms with E-state index in [2.05, 4.69) is 10.6 Å². The summed E-state index contributed by atoms with van der Waals surface area (Å²) in [5.41, 5.74) is 0.805. The van der Waals surface area contributed by atoms with Crippen LogP contribution in [-0.4, -0.2) is 51.1 Å². The topological polar surface area (TPSA) is 108 Å². The Kier molecular flexibility index (Phi) is 9.95. The quantitative estimate of drug-likeness (QED) is 0.448. The Morgan fingerprint density at radius 2 is 1.55 bits per heavy atom. The van der Waals surface area contributed by atoms with E-state index in [-0.39, 0.29) is 24.1 Å². The summed E-state index contributed by atoms with van der Waals surface area (Å²) < 4.78 is 5.46. The third-order valence-corrected chi connectivity index (χ3v) is 5.62. The monoisotopic (exact) mass is 525 g/mol. The summed E-state index contributed by atoms with van der Waals surface area (Å²) in [7, 11) is 0. The average Bonchev–Trinajstić information content (AvgIpc) is 2.75. The number of phenolic OH excluding ortho intramolecular Hbond substituents is 1. The van der Waals surface area contributed by atoms with E-state index < -0.39 is 35.2 Å². The van der Waals surface area contributed by atoms with E-state index in [1.165, 1.54) is 12.1 Å². The van der Waals surface area contributed by atoms with Gasteiger partial charge in [0, 0.05) is 18.0 Å². The molecule has 0 aliphatic carbocycles. The minimum atomic E-state index is -1.03. The molecule has 0 fully saturated rings. The van der Waals surface area contributed by atoms with Gasteiger partial charge in [0.05, 0.1) is 0 Å². The molecule has 0 saturated carbocycles. The zero-order valence-electron chi connectivity index (χ0n) is 24.1. The number of nitrogens with one attached hydrogen (secondary N) is 2. The van der Waals surface area contributed by atoms with E-state index in [1.54, 1.807) is 37.8 Å². The molecule has 0 aliphatic rings. The number of nitrogens with zero attached hydrogens (tertiary/aromatic N) is 1. The maximum Gasteiger partial charge on any atom is 0.408 e. The highest BCUT2D eigenvalue weighted by Crippen LogP contribution is 2.31. The summed E-state index contributed by atoms with van der Waals surface area (Å²) >= 11 is 0. The van der Waals surface area contributed by atoms with E-state index in [0.29, 0.717) is 5.56 Å². The molecule has 2 aromatic carbocycles. The van der Waals surface area contributed by atoms with Crippen molar-refractivity contribution in [2.75, 3.05) is 0 Å². The van der Waals surface area contributed by atoms with Gasteiger partial charge in [-0.2, -0.15) is 0 Å². The molecule has 3 amide bonds. The second-order valence-electron chi connectivity index (χ2n) is 11.9. The average molecular weight is 526 g/mol. The van der Waals surface area contributed by atoms with Gasteiger partial charge in [-0.1, -0.05) is 42.0 Å². The minimum Gasteiger partial charge on any atom is -0.508 e. The molecule has 0 spiro atoms. The van der Waals surface area contributed by atoms with Crippen molar-refractivity contribution in [1.82, 2.24) is 15.5 Å². The lowest BCUT2D eigenvalue weighted by molar-refractivity contribution is -0.148. The first-order valence-electron chi connectivity index (χ1n) is 13.0. The van der Waals surface area contributed by atoms with Crippen molar-refractivity contribution in [2.24, 2.45) is 0 Å². The molecule has 8 heteroatoms. The van der Waals surface area contributed by atoms with Crippen LogP contribution in [0.1, 0.15) is 78.1 Å². The van der Waals surface area contributed by atoms with E-state index in [9.17, 15) is 19.5 Å². The molecular formula is C30H43N3O5. The number of rotatable bonds is 8.